The number of para-hydroxylation sites is 1. The van der Waals surface area contributed by atoms with Crippen LogP contribution in [0.4, 0.5) is 5.69 Å². The molecule has 0 saturated carbocycles. The molecule has 5 nitrogen and oxygen atoms in total. The number of pyridine rings is 1. The van der Waals surface area contributed by atoms with Crippen LogP contribution in [0.3, 0.4) is 0 Å². The zero-order valence-electron chi connectivity index (χ0n) is 16.9. The van der Waals surface area contributed by atoms with Crippen molar-refractivity contribution in [3.8, 4) is 0 Å². The molecule has 0 aliphatic rings. The van der Waals surface area contributed by atoms with Crippen LogP contribution in [0.2, 0.25) is 0 Å². The Kier molecular flexibility index (Phi) is 6.07. The first-order valence-corrected chi connectivity index (χ1v) is 9.53. The van der Waals surface area contributed by atoms with Gasteiger partial charge in [0.05, 0.1) is 0 Å². The summed E-state index contributed by atoms with van der Waals surface area (Å²) in [5.74, 6) is -0.597. The van der Waals surface area contributed by atoms with Crippen molar-refractivity contribution in [3.63, 3.8) is 0 Å². The van der Waals surface area contributed by atoms with E-state index in [0.717, 1.165) is 16.8 Å². The fraction of sp³-hybridized carbons (Fsp3) is 0.208. The van der Waals surface area contributed by atoms with Crippen LogP contribution in [-0.2, 0) is 12.0 Å². The van der Waals surface area contributed by atoms with Gasteiger partial charge in [-0.05, 0) is 34.7 Å². The van der Waals surface area contributed by atoms with Crippen molar-refractivity contribution in [2.75, 3.05) is 5.32 Å². The smallest absolute Gasteiger partial charge is 0.270 e. The van der Waals surface area contributed by atoms with Crippen molar-refractivity contribution >= 4 is 17.5 Å². The zero-order valence-corrected chi connectivity index (χ0v) is 16.9. The molecule has 148 valence electrons. The highest BCUT2D eigenvalue weighted by Gasteiger charge is 2.19. The highest BCUT2D eigenvalue weighted by molar-refractivity contribution is 6.06. The van der Waals surface area contributed by atoms with E-state index in [1.807, 2.05) is 54.6 Å². The lowest BCUT2D eigenvalue weighted by molar-refractivity contribution is 0.0946. The number of carbonyl (C=O) groups excluding carboxylic acids is 2. The molecule has 5 heteroatoms. The van der Waals surface area contributed by atoms with Crippen LogP contribution in [0.5, 0.6) is 0 Å². The monoisotopic (exact) mass is 387 g/mol. The Morgan fingerprint density at radius 3 is 2.31 bits per heavy atom. The quantitative estimate of drug-likeness (QED) is 0.674. The minimum absolute atomic E-state index is 0.107. The molecule has 3 aromatic rings. The fourth-order valence-electron chi connectivity index (χ4n) is 3.01. The first-order chi connectivity index (χ1) is 13.8. The van der Waals surface area contributed by atoms with Gasteiger partial charge in [-0.3, -0.25) is 14.6 Å². The first kappa shape index (κ1) is 20.3. The highest BCUT2D eigenvalue weighted by atomic mass is 16.2. The number of nitrogens with one attached hydrogen (secondary N) is 2. The van der Waals surface area contributed by atoms with Gasteiger partial charge in [-0.25, -0.2) is 0 Å². The number of anilines is 1. The lowest BCUT2D eigenvalue weighted by Crippen LogP contribution is -2.24. The number of amides is 2. The molecule has 3 rings (SSSR count). The molecule has 0 unspecified atom stereocenters. The molecule has 2 N–H and O–H groups in total. The van der Waals surface area contributed by atoms with E-state index in [1.54, 1.807) is 6.07 Å². The van der Waals surface area contributed by atoms with E-state index < -0.39 is 0 Å². The van der Waals surface area contributed by atoms with Crippen molar-refractivity contribution in [2.45, 2.75) is 32.7 Å². The van der Waals surface area contributed by atoms with Gasteiger partial charge in [-0.2, -0.15) is 0 Å². The van der Waals surface area contributed by atoms with E-state index in [0.29, 0.717) is 12.1 Å². The number of hydrogen-bond acceptors (Lipinski definition) is 3. The van der Waals surface area contributed by atoms with Crippen molar-refractivity contribution in [2.24, 2.45) is 0 Å². The molecule has 0 fully saturated rings. The van der Waals surface area contributed by atoms with Crippen LogP contribution in [0.15, 0.2) is 72.9 Å². The van der Waals surface area contributed by atoms with Crippen molar-refractivity contribution in [1.29, 1.82) is 0 Å². The highest BCUT2D eigenvalue weighted by Crippen LogP contribution is 2.29. The van der Waals surface area contributed by atoms with Crippen LogP contribution < -0.4 is 10.6 Å². The maximum absolute atomic E-state index is 12.8. The Morgan fingerprint density at radius 2 is 1.59 bits per heavy atom. The summed E-state index contributed by atoms with van der Waals surface area (Å²) in [5.41, 5.74) is 3.28. The van der Waals surface area contributed by atoms with E-state index in [4.69, 9.17) is 0 Å². The third-order valence-corrected chi connectivity index (χ3v) is 4.53. The standard InChI is InChI=1S/C24H25N3O2/c1-24(2,3)19-11-7-8-12-20(19)27-22(28)18-13-14-25-21(15-18)23(29)26-16-17-9-5-4-6-10-17/h4-15H,16H2,1-3H3,(H,26,29)(H,27,28). The number of benzene rings is 2. The van der Waals surface area contributed by atoms with Gasteiger partial charge in [0.2, 0.25) is 0 Å². The van der Waals surface area contributed by atoms with Gasteiger partial charge < -0.3 is 10.6 Å². The van der Waals surface area contributed by atoms with Crippen molar-refractivity contribution in [3.05, 3.63) is 95.3 Å². The molecule has 2 amide bonds. The summed E-state index contributed by atoms with van der Waals surface area (Å²) in [5, 5.41) is 5.79. The molecule has 0 radical (unpaired) electrons. The molecule has 1 aromatic heterocycles. The van der Waals surface area contributed by atoms with Crippen LogP contribution in [0.25, 0.3) is 0 Å². The second-order valence-electron chi connectivity index (χ2n) is 7.85. The fourth-order valence-corrected chi connectivity index (χ4v) is 3.01. The Balaban J connectivity index is 1.72. The number of hydrogen-bond donors (Lipinski definition) is 2. The SMILES string of the molecule is CC(C)(C)c1ccccc1NC(=O)c1ccnc(C(=O)NCc2ccccc2)c1. The summed E-state index contributed by atoms with van der Waals surface area (Å²) in [4.78, 5) is 29.3. The zero-order chi connectivity index (χ0) is 20.9. The lowest BCUT2D eigenvalue weighted by atomic mass is 9.86. The number of carbonyl (C=O) groups is 2. The Hall–Kier alpha value is -3.47. The third kappa shape index (κ3) is 5.29. The van der Waals surface area contributed by atoms with Crippen molar-refractivity contribution in [1.82, 2.24) is 10.3 Å². The van der Waals surface area contributed by atoms with Gasteiger partial charge in [0.25, 0.3) is 11.8 Å². The minimum Gasteiger partial charge on any atom is -0.347 e. The Morgan fingerprint density at radius 1 is 0.897 bits per heavy atom. The van der Waals surface area contributed by atoms with Gasteiger partial charge in [-0.15, -0.1) is 0 Å². The second kappa shape index (κ2) is 8.69. The molecule has 0 spiro atoms. The van der Waals surface area contributed by atoms with Gasteiger partial charge in [0.1, 0.15) is 5.69 Å². The number of rotatable bonds is 5. The molecule has 0 aliphatic heterocycles. The Bertz CT molecular complexity index is 1010. The molecule has 2 aromatic carbocycles. The summed E-state index contributed by atoms with van der Waals surface area (Å²) in [7, 11) is 0. The van der Waals surface area contributed by atoms with Crippen LogP contribution >= 0.6 is 0 Å². The summed E-state index contributed by atoms with van der Waals surface area (Å²) in [6.45, 7) is 6.69. The molecule has 29 heavy (non-hydrogen) atoms. The van der Waals surface area contributed by atoms with Gasteiger partial charge in [0.15, 0.2) is 0 Å². The van der Waals surface area contributed by atoms with Gasteiger partial charge in [-0.1, -0.05) is 69.3 Å². The van der Waals surface area contributed by atoms with Crippen LogP contribution in [0.1, 0.15) is 52.7 Å². The van der Waals surface area contributed by atoms with E-state index in [9.17, 15) is 9.59 Å². The first-order valence-electron chi connectivity index (χ1n) is 9.53. The van der Waals surface area contributed by atoms with Crippen LogP contribution in [-0.4, -0.2) is 16.8 Å². The largest absolute Gasteiger partial charge is 0.347 e. The number of aromatic nitrogens is 1. The topological polar surface area (TPSA) is 71.1 Å². The predicted octanol–water partition coefficient (Wildman–Crippen LogP) is 4.56. The van der Waals surface area contributed by atoms with E-state index in [2.05, 4.69) is 36.4 Å². The average Bonchev–Trinajstić information content (AvgIpc) is 2.72. The maximum Gasteiger partial charge on any atom is 0.270 e. The second-order valence-corrected chi connectivity index (χ2v) is 7.85. The van der Waals surface area contributed by atoms with E-state index >= 15 is 0 Å². The average molecular weight is 387 g/mol. The summed E-state index contributed by atoms with van der Waals surface area (Å²) >= 11 is 0. The Labute approximate surface area is 171 Å². The molecule has 1 heterocycles. The molecule has 0 saturated heterocycles. The minimum atomic E-state index is -0.321. The third-order valence-electron chi connectivity index (χ3n) is 4.53. The molecular weight excluding hydrogens is 362 g/mol. The molecule has 0 bridgehead atoms. The van der Waals surface area contributed by atoms with Gasteiger partial charge in [0, 0.05) is 24.0 Å². The van der Waals surface area contributed by atoms with Crippen molar-refractivity contribution < 1.29 is 9.59 Å². The number of nitrogens with zero attached hydrogens (tertiary/aromatic N) is 1. The molecular formula is C24H25N3O2. The predicted molar refractivity (Wildman–Crippen MR) is 115 cm³/mol. The summed E-state index contributed by atoms with van der Waals surface area (Å²) < 4.78 is 0. The summed E-state index contributed by atoms with van der Waals surface area (Å²) in [6, 6.07) is 20.5. The van der Waals surface area contributed by atoms with E-state index in [1.165, 1.54) is 12.3 Å². The summed E-state index contributed by atoms with van der Waals surface area (Å²) in [6.07, 6.45) is 1.47. The molecule has 0 atom stereocenters. The lowest BCUT2D eigenvalue weighted by Gasteiger charge is -2.23. The van der Waals surface area contributed by atoms with E-state index in [-0.39, 0.29) is 22.9 Å². The van der Waals surface area contributed by atoms with Crippen LogP contribution in [0, 0.1) is 0 Å². The maximum atomic E-state index is 12.8. The molecule has 0 aliphatic carbocycles. The van der Waals surface area contributed by atoms with Gasteiger partial charge >= 0.3 is 0 Å². The normalized spacial score (nSPS) is 11.0.